The largest absolute Gasteiger partial charge is 0.387 e. The number of likely N-dealkylation sites (N-methyl/N-ethyl adjacent to an activating group) is 2. The van der Waals surface area contributed by atoms with Gasteiger partial charge in [0.2, 0.25) is 0 Å². The summed E-state index contributed by atoms with van der Waals surface area (Å²) in [5, 5.41) is 6.88. The zero-order valence-electron chi connectivity index (χ0n) is 31.9. The average molecular weight is 707 g/mol. The predicted molar refractivity (Wildman–Crippen MR) is 218 cm³/mol. The third-order valence-electron chi connectivity index (χ3n) is 9.33. The molecule has 2 unspecified atom stereocenters. The molecule has 52 heavy (non-hydrogen) atoms. The molecule has 278 valence electrons. The lowest BCUT2D eigenvalue weighted by Gasteiger charge is -2.27. The van der Waals surface area contributed by atoms with Crippen LogP contribution < -0.4 is 10.6 Å². The quantitative estimate of drug-likeness (QED) is 0.114. The van der Waals surface area contributed by atoms with Crippen LogP contribution >= 0.6 is 0 Å². The second-order valence-corrected chi connectivity index (χ2v) is 13.8. The van der Waals surface area contributed by atoms with Gasteiger partial charge in [0.15, 0.2) is 11.6 Å². The van der Waals surface area contributed by atoms with Gasteiger partial charge in [0.25, 0.3) is 0 Å². The zero-order chi connectivity index (χ0) is 37.7. The van der Waals surface area contributed by atoms with Crippen LogP contribution in [0.3, 0.4) is 0 Å². The maximum Gasteiger partial charge on any atom is 0.159 e. The zero-order valence-corrected chi connectivity index (χ0v) is 31.9. The minimum absolute atomic E-state index is 0.00522. The fourth-order valence-corrected chi connectivity index (χ4v) is 6.08. The Morgan fingerprint density at radius 1 is 0.865 bits per heavy atom. The Balaban J connectivity index is 0.000000224. The summed E-state index contributed by atoms with van der Waals surface area (Å²) < 4.78 is 26.5. The second-order valence-electron chi connectivity index (χ2n) is 13.8. The van der Waals surface area contributed by atoms with E-state index in [0.717, 1.165) is 43.2 Å². The van der Waals surface area contributed by atoms with Gasteiger partial charge in [-0.2, -0.15) is 0 Å². The molecule has 0 amide bonds. The second kappa shape index (κ2) is 23.1. The molecule has 1 saturated heterocycles. The number of hydrogen-bond acceptors (Lipinski definition) is 4. The van der Waals surface area contributed by atoms with E-state index in [-0.39, 0.29) is 6.04 Å². The van der Waals surface area contributed by atoms with E-state index in [1.807, 2.05) is 49.3 Å². The van der Waals surface area contributed by atoms with Crippen molar-refractivity contribution < 1.29 is 8.78 Å². The lowest BCUT2D eigenvalue weighted by Crippen LogP contribution is -2.37. The normalized spacial score (nSPS) is 13.9. The first kappa shape index (κ1) is 41.9. The molecule has 0 aromatic heterocycles. The molecule has 4 aromatic carbocycles. The van der Waals surface area contributed by atoms with Gasteiger partial charge in [-0.3, -0.25) is 0 Å². The van der Waals surface area contributed by atoms with Crippen molar-refractivity contribution in [2.24, 2.45) is 0 Å². The molecule has 1 aliphatic heterocycles. The minimum atomic E-state index is -0.819. The molecule has 0 spiro atoms. The molecule has 2 atom stereocenters. The third-order valence-corrected chi connectivity index (χ3v) is 9.33. The highest BCUT2D eigenvalue weighted by Crippen LogP contribution is 2.19. The van der Waals surface area contributed by atoms with Crippen molar-refractivity contribution in [2.45, 2.75) is 64.0 Å². The van der Waals surface area contributed by atoms with Crippen LogP contribution in [-0.2, 0) is 12.8 Å². The first-order valence-electron chi connectivity index (χ1n) is 18.5. The molecule has 0 saturated carbocycles. The van der Waals surface area contributed by atoms with Gasteiger partial charge in [-0.05, 0) is 107 Å². The number of nitrogens with one attached hydrogen (secondary N) is 2. The molecular weight excluding hydrogens is 647 g/mol. The van der Waals surface area contributed by atoms with Crippen molar-refractivity contribution in [1.29, 1.82) is 0 Å². The summed E-state index contributed by atoms with van der Waals surface area (Å²) in [6.07, 6.45) is 9.76. The van der Waals surface area contributed by atoms with Gasteiger partial charge in [-0.15, -0.1) is 6.58 Å². The van der Waals surface area contributed by atoms with Gasteiger partial charge in [0, 0.05) is 37.6 Å². The molecule has 5 rings (SSSR count). The van der Waals surface area contributed by atoms with Crippen molar-refractivity contribution in [1.82, 2.24) is 20.4 Å². The van der Waals surface area contributed by atoms with Crippen molar-refractivity contribution in [3.63, 3.8) is 0 Å². The smallest absolute Gasteiger partial charge is 0.159 e. The number of halogens is 2. The molecule has 4 nitrogen and oxygen atoms in total. The molecule has 1 aliphatic rings. The summed E-state index contributed by atoms with van der Waals surface area (Å²) in [6.45, 7) is 17.0. The van der Waals surface area contributed by atoms with Gasteiger partial charge >= 0.3 is 0 Å². The third kappa shape index (κ3) is 15.4. The summed E-state index contributed by atoms with van der Waals surface area (Å²) in [5.41, 5.74) is 7.99. The summed E-state index contributed by atoms with van der Waals surface area (Å²) in [5.74, 6) is -1.63. The number of rotatable bonds is 16. The van der Waals surface area contributed by atoms with Crippen molar-refractivity contribution >= 4 is 0 Å². The lowest BCUT2D eigenvalue weighted by atomic mass is 10.0. The first-order valence-corrected chi connectivity index (χ1v) is 18.5. The van der Waals surface area contributed by atoms with Crippen LogP contribution in [0.5, 0.6) is 0 Å². The maximum absolute atomic E-state index is 13.4. The van der Waals surface area contributed by atoms with E-state index in [2.05, 4.69) is 110 Å². The Labute approximate surface area is 313 Å². The Morgan fingerprint density at radius 2 is 1.52 bits per heavy atom. The molecule has 1 fully saturated rings. The summed E-state index contributed by atoms with van der Waals surface area (Å²) >= 11 is 0. The Hall–Kier alpha value is -4.52. The van der Waals surface area contributed by atoms with Gasteiger partial charge in [0.05, 0.1) is 6.04 Å². The SMILES string of the molecule is C=C(NCCc1ccccc1)C(Cc1ccc(F)c(F)c1)N(C)C.C=CCN(C)C(=C)CCCC1CCCN1.Cc1ccc(-c2ccccc2)cc1. The van der Waals surface area contributed by atoms with E-state index in [0.29, 0.717) is 6.42 Å². The van der Waals surface area contributed by atoms with Gasteiger partial charge in [0.1, 0.15) is 0 Å². The van der Waals surface area contributed by atoms with Crippen LogP contribution in [0.2, 0.25) is 0 Å². The first-order chi connectivity index (χ1) is 25.1. The Morgan fingerprint density at radius 3 is 2.12 bits per heavy atom. The van der Waals surface area contributed by atoms with Crippen LogP contribution in [-0.4, -0.2) is 62.7 Å². The van der Waals surface area contributed by atoms with Gasteiger partial charge in [-0.25, -0.2) is 8.78 Å². The molecule has 2 N–H and O–H groups in total. The summed E-state index contributed by atoms with van der Waals surface area (Å²) in [4.78, 5) is 4.20. The number of aryl methyl sites for hydroxylation is 1. The van der Waals surface area contributed by atoms with E-state index in [9.17, 15) is 8.78 Å². The molecule has 4 aromatic rings. The Bertz CT molecular complexity index is 1610. The van der Waals surface area contributed by atoms with Crippen molar-refractivity contribution in [3.8, 4) is 11.1 Å². The van der Waals surface area contributed by atoms with E-state index < -0.39 is 11.6 Å². The summed E-state index contributed by atoms with van der Waals surface area (Å²) in [6, 6.07) is 34.1. The average Bonchev–Trinajstić information content (AvgIpc) is 3.67. The van der Waals surface area contributed by atoms with Crippen LogP contribution in [0, 0.1) is 18.6 Å². The minimum Gasteiger partial charge on any atom is -0.387 e. The van der Waals surface area contributed by atoms with Gasteiger partial charge < -0.3 is 20.4 Å². The van der Waals surface area contributed by atoms with Crippen molar-refractivity contribution in [3.05, 3.63) is 169 Å². The molecule has 0 radical (unpaired) electrons. The summed E-state index contributed by atoms with van der Waals surface area (Å²) in [7, 11) is 5.99. The monoisotopic (exact) mass is 706 g/mol. The fraction of sp³-hybridized carbons (Fsp3) is 0.348. The number of allylic oxidation sites excluding steroid dienone is 1. The van der Waals surface area contributed by atoms with Gasteiger partial charge in [-0.1, -0.05) is 116 Å². The highest BCUT2D eigenvalue weighted by Gasteiger charge is 2.17. The van der Waals surface area contributed by atoms with E-state index in [1.54, 1.807) is 6.07 Å². The molecule has 1 heterocycles. The van der Waals surface area contributed by atoms with Crippen LogP contribution in [0.25, 0.3) is 11.1 Å². The van der Waals surface area contributed by atoms with Crippen LogP contribution in [0.1, 0.15) is 48.8 Å². The standard InChI is InChI=1S/C20H24F2N2.C13H24N2.C13H12/c1-15(23-12-11-16-7-5-4-6-8-16)20(24(2)3)14-17-9-10-18(21)19(22)13-17;1-4-11-15(3)12(2)7-5-8-13-9-6-10-14-13;1-11-7-9-13(10-8-11)12-5-3-2-4-6-12/h4-10,13,20,23H,1,11-12,14H2,2-3H3;4,13-14H,1-2,5-11H2,3H3;2-10H,1H3. The van der Waals surface area contributed by atoms with Crippen LogP contribution in [0.15, 0.2) is 140 Å². The fourth-order valence-electron chi connectivity index (χ4n) is 6.08. The van der Waals surface area contributed by atoms with Crippen LogP contribution in [0.4, 0.5) is 8.78 Å². The van der Waals surface area contributed by atoms with E-state index >= 15 is 0 Å². The maximum atomic E-state index is 13.4. The van der Waals surface area contributed by atoms with E-state index in [1.165, 1.54) is 72.3 Å². The highest BCUT2D eigenvalue weighted by molar-refractivity contribution is 5.63. The number of benzene rings is 4. The Kier molecular flexibility index (Phi) is 18.6. The number of hydrogen-bond donors (Lipinski definition) is 2. The predicted octanol–water partition coefficient (Wildman–Crippen LogP) is 9.99. The molecule has 6 heteroatoms. The number of nitrogens with zero attached hydrogens (tertiary/aromatic N) is 2. The lowest BCUT2D eigenvalue weighted by molar-refractivity contribution is 0.316. The highest BCUT2D eigenvalue weighted by atomic mass is 19.2. The molecule has 0 bridgehead atoms. The molecule has 0 aliphatic carbocycles. The van der Waals surface area contributed by atoms with Crippen molar-refractivity contribution in [2.75, 3.05) is 40.8 Å². The topological polar surface area (TPSA) is 30.5 Å². The van der Waals surface area contributed by atoms with E-state index in [4.69, 9.17) is 0 Å². The molecular formula is C46H60F2N4.